The van der Waals surface area contributed by atoms with Gasteiger partial charge in [0, 0.05) is 19.1 Å². The van der Waals surface area contributed by atoms with Crippen LogP contribution in [0.1, 0.15) is 16.1 Å². The monoisotopic (exact) mass is 578 g/mol. The number of para-hydroxylation sites is 1. The fourth-order valence-electron chi connectivity index (χ4n) is 3.82. The molecule has 8 nitrogen and oxygen atoms in total. The summed E-state index contributed by atoms with van der Waals surface area (Å²) in [5.41, 5.74) is 0.612. The van der Waals surface area contributed by atoms with Crippen molar-refractivity contribution >= 4 is 62.1 Å². The third-order valence-electron chi connectivity index (χ3n) is 5.86. The van der Waals surface area contributed by atoms with Gasteiger partial charge in [-0.3, -0.25) is 18.6 Å². The molecule has 0 unspecified atom stereocenters. The summed E-state index contributed by atoms with van der Waals surface area (Å²) in [7, 11) is -1.31. The number of carbonyl (C=O) groups is 1. The van der Waals surface area contributed by atoms with Crippen molar-refractivity contribution in [3.8, 4) is 5.69 Å². The lowest BCUT2D eigenvalue weighted by Gasteiger charge is -2.19. The first kappa shape index (κ1) is 26.8. The highest BCUT2D eigenvalue weighted by Gasteiger charge is 2.29. The van der Waals surface area contributed by atoms with Crippen LogP contribution in [0.5, 0.6) is 0 Å². The first-order valence-corrected chi connectivity index (χ1v) is 13.4. The average molecular weight is 580 g/mol. The standard InChI is InChI=1S/C25H21Cl3N4O4S/c1-15-23(25(34)32(30(15)2)17-7-5-4-6-8-17)31(3)37(35,36)18-10-12-20(27)19(14-18)24(33)29-22-13-16(26)9-11-21(22)28/h4-14H,1-3H3,(H,29,33). The molecule has 1 aromatic heterocycles. The molecule has 0 aliphatic heterocycles. The molecule has 0 saturated heterocycles. The van der Waals surface area contributed by atoms with Gasteiger partial charge in [0.15, 0.2) is 0 Å². The molecule has 0 saturated carbocycles. The van der Waals surface area contributed by atoms with E-state index in [1.165, 1.54) is 36.0 Å². The number of carbonyl (C=O) groups excluding carboxylic acids is 1. The maximum atomic E-state index is 13.6. The maximum Gasteiger partial charge on any atom is 0.296 e. The Bertz CT molecular complexity index is 1680. The number of aromatic nitrogens is 2. The van der Waals surface area contributed by atoms with Crippen LogP contribution in [0.25, 0.3) is 5.69 Å². The summed E-state index contributed by atoms with van der Waals surface area (Å²) in [6.45, 7) is 1.65. The van der Waals surface area contributed by atoms with Crippen LogP contribution in [0.2, 0.25) is 15.1 Å². The summed E-state index contributed by atoms with van der Waals surface area (Å²) in [6, 6.07) is 17.1. The number of sulfonamides is 1. The number of benzene rings is 3. The van der Waals surface area contributed by atoms with Gasteiger partial charge in [-0.1, -0.05) is 53.0 Å². The fraction of sp³-hybridized carbons (Fsp3) is 0.120. The molecule has 1 N–H and O–H groups in total. The molecule has 1 heterocycles. The highest BCUT2D eigenvalue weighted by Crippen LogP contribution is 2.29. The van der Waals surface area contributed by atoms with Gasteiger partial charge in [-0.2, -0.15) is 0 Å². The minimum atomic E-state index is -4.26. The quantitative estimate of drug-likeness (QED) is 0.325. The van der Waals surface area contributed by atoms with Crippen LogP contribution in [0.3, 0.4) is 0 Å². The Labute approximate surface area is 228 Å². The Morgan fingerprint density at radius 3 is 2.27 bits per heavy atom. The normalized spacial score (nSPS) is 11.4. The molecule has 3 aromatic carbocycles. The summed E-state index contributed by atoms with van der Waals surface area (Å²) >= 11 is 18.3. The number of amides is 1. The largest absolute Gasteiger partial charge is 0.321 e. The summed E-state index contributed by atoms with van der Waals surface area (Å²) in [4.78, 5) is 26.1. The molecule has 0 spiro atoms. The van der Waals surface area contributed by atoms with E-state index in [0.29, 0.717) is 16.4 Å². The van der Waals surface area contributed by atoms with Crippen LogP contribution in [0.15, 0.2) is 76.4 Å². The van der Waals surface area contributed by atoms with Gasteiger partial charge in [0.05, 0.1) is 37.6 Å². The van der Waals surface area contributed by atoms with Crippen molar-refractivity contribution in [2.24, 2.45) is 7.05 Å². The number of hydrogen-bond acceptors (Lipinski definition) is 4. The van der Waals surface area contributed by atoms with E-state index >= 15 is 0 Å². The van der Waals surface area contributed by atoms with Crippen molar-refractivity contribution in [1.29, 1.82) is 0 Å². The van der Waals surface area contributed by atoms with Gasteiger partial charge in [-0.15, -0.1) is 0 Å². The second-order valence-corrected chi connectivity index (χ2v) is 11.3. The third-order valence-corrected chi connectivity index (χ3v) is 8.50. The van der Waals surface area contributed by atoms with Gasteiger partial charge in [-0.05, 0) is 55.5 Å². The van der Waals surface area contributed by atoms with Gasteiger partial charge < -0.3 is 5.32 Å². The van der Waals surface area contributed by atoms with E-state index < -0.39 is 21.5 Å². The van der Waals surface area contributed by atoms with E-state index in [1.54, 1.807) is 49.0 Å². The number of nitrogens with one attached hydrogen (secondary N) is 1. The summed E-state index contributed by atoms with van der Waals surface area (Å²) in [6.07, 6.45) is 0. The van der Waals surface area contributed by atoms with Gasteiger partial charge in [0.1, 0.15) is 5.69 Å². The number of hydrogen-bond donors (Lipinski definition) is 1. The van der Waals surface area contributed by atoms with Gasteiger partial charge in [0.25, 0.3) is 21.5 Å². The lowest BCUT2D eigenvalue weighted by Crippen LogP contribution is -2.32. The van der Waals surface area contributed by atoms with Crippen molar-refractivity contribution in [1.82, 2.24) is 9.36 Å². The first-order valence-electron chi connectivity index (χ1n) is 10.8. The van der Waals surface area contributed by atoms with Crippen LogP contribution in [-0.2, 0) is 17.1 Å². The highest BCUT2D eigenvalue weighted by molar-refractivity contribution is 7.92. The zero-order valence-electron chi connectivity index (χ0n) is 19.9. The highest BCUT2D eigenvalue weighted by atomic mass is 35.5. The van der Waals surface area contributed by atoms with Crippen molar-refractivity contribution < 1.29 is 13.2 Å². The zero-order chi connectivity index (χ0) is 27.1. The SMILES string of the molecule is Cc1c(N(C)S(=O)(=O)c2ccc(Cl)c(C(=O)Nc3cc(Cl)ccc3Cl)c2)c(=O)n(-c2ccccc2)n1C. The van der Waals surface area contributed by atoms with E-state index in [1.807, 2.05) is 6.07 Å². The van der Waals surface area contributed by atoms with E-state index in [-0.39, 0.29) is 31.9 Å². The van der Waals surface area contributed by atoms with Crippen LogP contribution >= 0.6 is 34.8 Å². The Kier molecular flexibility index (Phi) is 7.43. The molecular formula is C25H21Cl3N4O4S. The number of nitrogens with zero attached hydrogens (tertiary/aromatic N) is 3. The lowest BCUT2D eigenvalue weighted by molar-refractivity contribution is 0.102. The summed E-state index contributed by atoms with van der Waals surface area (Å²) in [5.74, 6) is -0.684. The molecule has 0 fully saturated rings. The molecule has 0 aliphatic carbocycles. The van der Waals surface area contributed by atoms with Crippen LogP contribution in [0, 0.1) is 6.92 Å². The molecule has 0 bridgehead atoms. The third kappa shape index (κ3) is 5.00. The molecule has 4 aromatic rings. The summed E-state index contributed by atoms with van der Waals surface area (Å²) in [5, 5.41) is 3.21. The predicted octanol–water partition coefficient (Wildman–Crippen LogP) is 5.52. The van der Waals surface area contributed by atoms with Gasteiger partial charge >= 0.3 is 0 Å². The predicted molar refractivity (Wildman–Crippen MR) is 147 cm³/mol. The topological polar surface area (TPSA) is 93.4 Å². The minimum Gasteiger partial charge on any atom is -0.321 e. The first-order chi connectivity index (χ1) is 17.4. The van der Waals surface area contributed by atoms with Crippen molar-refractivity contribution in [3.05, 3.63) is 103 Å². The molecule has 1 amide bonds. The van der Waals surface area contributed by atoms with Crippen LogP contribution < -0.4 is 15.2 Å². The molecular weight excluding hydrogens is 559 g/mol. The maximum absolute atomic E-state index is 13.6. The zero-order valence-corrected chi connectivity index (χ0v) is 23.0. The van der Waals surface area contributed by atoms with Gasteiger partial charge in [-0.25, -0.2) is 13.1 Å². The number of rotatable bonds is 6. The molecule has 0 radical (unpaired) electrons. The second kappa shape index (κ2) is 10.3. The molecule has 4 rings (SSSR count). The van der Waals surface area contributed by atoms with Crippen molar-refractivity contribution in [2.45, 2.75) is 11.8 Å². The van der Waals surface area contributed by atoms with E-state index in [9.17, 15) is 18.0 Å². The molecule has 0 aliphatic rings. The van der Waals surface area contributed by atoms with Crippen LogP contribution in [0.4, 0.5) is 11.4 Å². The fourth-order valence-corrected chi connectivity index (χ4v) is 5.63. The van der Waals surface area contributed by atoms with Crippen molar-refractivity contribution in [3.63, 3.8) is 0 Å². The lowest BCUT2D eigenvalue weighted by atomic mass is 10.2. The average Bonchev–Trinajstić information content (AvgIpc) is 3.09. The van der Waals surface area contributed by atoms with E-state index in [4.69, 9.17) is 34.8 Å². The van der Waals surface area contributed by atoms with Gasteiger partial charge in [0.2, 0.25) is 0 Å². The Hall–Kier alpha value is -3.24. The second-order valence-electron chi connectivity index (χ2n) is 8.10. The van der Waals surface area contributed by atoms with E-state index in [2.05, 4.69) is 5.32 Å². The minimum absolute atomic E-state index is 0.0274. The van der Waals surface area contributed by atoms with E-state index in [0.717, 1.165) is 10.4 Å². The molecule has 37 heavy (non-hydrogen) atoms. The Morgan fingerprint density at radius 1 is 0.946 bits per heavy atom. The molecule has 192 valence electrons. The van der Waals surface area contributed by atoms with Crippen molar-refractivity contribution in [2.75, 3.05) is 16.7 Å². The Balaban J connectivity index is 1.73. The molecule has 0 atom stereocenters. The number of halogens is 3. The number of anilines is 2. The smallest absolute Gasteiger partial charge is 0.296 e. The van der Waals surface area contributed by atoms with Crippen LogP contribution in [-0.4, -0.2) is 30.7 Å². The molecule has 12 heteroatoms. The summed E-state index contributed by atoms with van der Waals surface area (Å²) < 4.78 is 31.0. The Morgan fingerprint density at radius 2 is 1.59 bits per heavy atom.